The van der Waals surface area contributed by atoms with E-state index in [0.29, 0.717) is 27.2 Å². The molecule has 0 saturated heterocycles. The second-order valence-electron chi connectivity index (χ2n) is 3.03. The van der Waals surface area contributed by atoms with Crippen LogP contribution in [-0.2, 0) is 0 Å². The van der Waals surface area contributed by atoms with Crippen molar-refractivity contribution in [3.05, 3.63) is 16.1 Å². The number of ether oxygens (including phenoxy) is 2. The highest BCUT2D eigenvalue weighted by atomic mass is 35.5. The largest absolute Gasteiger partial charge is 0.493 e. The Bertz CT molecular complexity index is 315. The van der Waals surface area contributed by atoms with Crippen LogP contribution in [0.25, 0.3) is 0 Å². The number of benzene rings is 1. The molecule has 3 nitrogen and oxygen atoms in total. The third-order valence-electron chi connectivity index (χ3n) is 1.58. The van der Waals surface area contributed by atoms with Gasteiger partial charge in [0, 0.05) is 0 Å². The van der Waals surface area contributed by atoms with Crippen LogP contribution in [0.4, 0.5) is 5.69 Å². The Morgan fingerprint density at radius 3 is 1.62 bits per heavy atom. The summed E-state index contributed by atoms with van der Waals surface area (Å²) in [5.74, 6) is 0.755. The molecule has 0 aliphatic rings. The Kier molecular flexibility index (Phi) is 7.10. The van der Waals surface area contributed by atoms with Crippen LogP contribution < -0.4 is 15.2 Å². The second-order valence-corrected chi connectivity index (χ2v) is 3.84. The quantitative estimate of drug-likeness (QED) is 0.822. The molecular weight excluding hydrogens is 249 g/mol. The zero-order valence-electron chi connectivity index (χ0n) is 9.93. The van der Waals surface area contributed by atoms with Gasteiger partial charge in [0.1, 0.15) is 5.69 Å². The SMILES string of the molecule is CCC.COc1c(Cl)cc(Cl)c(OC)c1N. The zero-order valence-corrected chi connectivity index (χ0v) is 11.4. The summed E-state index contributed by atoms with van der Waals surface area (Å²) >= 11 is 11.6. The first-order chi connectivity index (χ1) is 7.53. The average molecular weight is 266 g/mol. The maximum atomic E-state index is 5.82. The van der Waals surface area contributed by atoms with E-state index in [1.165, 1.54) is 26.7 Å². The van der Waals surface area contributed by atoms with Gasteiger partial charge in [0.2, 0.25) is 0 Å². The molecule has 0 amide bonds. The summed E-state index contributed by atoms with van der Waals surface area (Å²) in [6.07, 6.45) is 1.25. The highest BCUT2D eigenvalue weighted by Crippen LogP contribution is 2.42. The van der Waals surface area contributed by atoms with Gasteiger partial charge in [-0.05, 0) is 6.07 Å². The molecule has 0 aromatic heterocycles. The van der Waals surface area contributed by atoms with Gasteiger partial charge >= 0.3 is 0 Å². The van der Waals surface area contributed by atoms with Crippen molar-refractivity contribution in [2.45, 2.75) is 20.3 Å². The van der Waals surface area contributed by atoms with E-state index in [-0.39, 0.29) is 0 Å². The molecule has 1 rings (SSSR count). The molecule has 1 aromatic rings. The van der Waals surface area contributed by atoms with E-state index in [1.807, 2.05) is 0 Å². The molecule has 0 spiro atoms. The minimum absolute atomic E-state index is 0.308. The first kappa shape index (κ1) is 15.2. The van der Waals surface area contributed by atoms with Gasteiger partial charge in [-0.15, -0.1) is 0 Å². The van der Waals surface area contributed by atoms with Crippen molar-refractivity contribution in [3.63, 3.8) is 0 Å². The standard InChI is InChI=1S/C8H9Cl2NO2.C3H8/c1-12-7-4(9)3-5(10)8(13-2)6(7)11;1-3-2/h3H,11H2,1-2H3;3H2,1-2H3. The molecule has 0 radical (unpaired) electrons. The lowest BCUT2D eigenvalue weighted by molar-refractivity contribution is 0.398. The first-order valence-electron chi connectivity index (χ1n) is 4.88. The number of anilines is 1. The molecular formula is C11H17Cl2NO2. The number of hydrogen-bond donors (Lipinski definition) is 1. The van der Waals surface area contributed by atoms with E-state index >= 15 is 0 Å². The second kappa shape index (κ2) is 7.47. The molecule has 1 aromatic carbocycles. The average Bonchev–Trinajstić information content (AvgIpc) is 2.19. The van der Waals surface area contributed by atoms with Gasteiger partial charge in [0.25, 0.3) is 0 Å². The topological polar surface area (TPSA) is 44.5 Å². The van der Waals surface area contributed by atoms with Crippen molar-refractivity contribution in [1.82, 2.24) is 0 Å². The van der Waals surface area contributed by atoms with Crippen LogP contribution in [0.3, 0.4) is 0 Å². The number of hydrogen-bond acceptors (Lipinski definition) is 3. The lowest BCUT2D eigenvalue weighted by Crippen LogP contribution is -1.97. The minimum Gasteiger partial charge on any atom is -0.493 e. The zero-order chi connectivity index (χ0) is 12.7. The van der Waals surface area contributed by atoms with E-state index in [4.69, 9.17) is 38.4 Å². The van der Waals surface area contributed by atoms with Gasteiger partial charge in [-0.2, -0.15) is 0 Å². The Morgan fingerprint density at radius 1 is 1.06 bits per heavy atom. The van der Waals surface area contributed by atoms with Crippen molar-refractivity contribution in [3.8, 4) is 11.5 Å². The lowest BCUT2D eigenvalue weighted by atomic mass is 10.2. The van der Waals surface area contributed by atoms with Crippen molar-refractivity contribution in [2.24, 2.45) is 0 Å². The molecule has 0 unspecified atom stereocenters. The molecule has 2 N–H and O–H groups in total. The third kappa shape index (κ3) is 3.65. The molecule has 0 fully saturated rings. The van der Waals surface area contributed by atoms with E-state index in [1.54, 1.807) is 0 Å². The van der Waals surface area contributed by atoms with Crippen molar-refractivity contribution >= 4 is 28.9 Å². The number of nitrogen functional groups attached to an aromatic ring is 1. The summed E-state index contributed by atoms with van der Waals surface area (Å²) in [4.78, 5) is 0. The van der Waals surface area contributed by atoms with Crippen LogP contribution in [0.2, 0.25) is 10.0 Å². The van der Waals surface area contributed by atoms with Crippen molar-refractivity contribution in [2.75, 3.05) is 20.0 Å². The molecule has 0 aliphatic carbocycles. The Morgan fingerprint density at radius 2 is 1.38 bits per heavy atom. The fourth-order valence-electron chi connectivity index (χ4n) is 1.02. The molecule has 0 saturated carbocycles. The smallest absolute Gasteiger partial charge is 0.164 e. The monoisotopic (exact) mass is 265 g/mol. The Hall–Kier alpha value is -0.800. The molecule has 0 aliphatic heterocycles. The van der Waals surface area contributed by atoms with Crippen LogP contribution in [-0.4, -0.2) is 14.2 Å². The van der Waals surface area contributed by atoms with Crippen LogP contribution in [0.1, 0.15) is 20.3 Å². The summed E-state index contributed by atoms with van der Waals surface area (Å²) in [6.45, 7) is 4.25. The van der Waals surface area contributed by atoms with Crippen LogP contribution in [0, 0.1) is 0 Å². The normalized spacial score (nSPS) is 9.12. The highest BCUT2D eigenvalue weighted by molar-refractivity contribution is 6.37. The summed E-state index contributed by atoms with van der Waals surface area (Å²) in [5.41, 5.74) is 6.00. The molecule has 16 heavy (non-hydrogen) atoms. The summed E-state index contributed by atoms with van der Waals surface area (Å²) < 4.78 is 9.96. The Labute approximate surface area is 106 Å². The summed E-state index contributed by atoms with van der Waals surface area (Å²) in [5, 5.41) is 0.733. The van der Waals surface area contributed by atoms with E-state index in [0.717, 1.165) is 0 Å². The van der Waals surface area contributed by atoms with E-state index in [2.05, 4.69) is 13.8 Å². The predicted molar refractivity (Wildman–Crippen MR) is 69.9 cm³/mol. The van der Waals surface area contributed by atoms with Gasteiger partial charge in [0.05, 0.1) is 24.3 Å². The first-order valence-corrected chi connectivity index (χ1v) is 5.64. The maximum absolute atomic E-state index is 5.82. The van der Waals surface area contributed by atoms with Gasteiger partial charge in [-0.3, -0.25) is 0 Å². The van der Waals surface area contributed by atoms with Crippen LogP contribution in [0.15, 0.2) is 6.07 Å². The van der Waals surface area contributed by atoms with Gasteiger partial charge < -0.3 is 15.2 Å². The fourth-order valence-corrected chi connectivity index (χ4v) is 1.65. The Balaban J connectivity index is 0.000000673. The highest BCUT2D eigenvalue weighted by Gasteiger charge is 2.14. The molecule has 92 valence electrons. The maximum Gasteiger partial charge on any atom is 0.164 e. The van der Waals surface area contributed by atoms with Crippen LogP contribution in [0.5, 0.6) is 11.5 Å². The summed E-state index contributed by atoms with van der Waals surface area (Å²) in [7, 11) is 2.95. The molecule has 0 heterocycles. The number of methoxy groups -OCH3 is 2. The number of halogens is 2. The van der Waals surface area contributed by atoms with Crippen LogP contribution >= 0.6 is 23.2 Å². The number of nitrogens with two attached hydrogens (primary N) is 1. The van der Waals surface area contributed by atoms with Crippen molar-refractivity contribution < 1.29 is 9.47 Å². The lowest BCUT2D eigenvalue weighted by Gasteiger charge is -2.12. The minimum atomic E-state index is 0.308. The van der Waals surface area contributed by atoms with E-state index < -0.39 is 0 Å². The summed E-state index contributed by atoms with van der Waals surface area (Å²) in [6, 6.07) is 1.52. The molecule has 5 heteroatoms. The van der Waals surface area contributed by atoms with Gasteiger partial charge in [-0.1, -0.05) is 43.5 Å². The predicted octanol–water partition coefficient (Wildman–Crippen LogP) is 4.01. The fraction of sp³-hybridized carbons (Fsp3) is 0.455. The molecule has 0 bridgehead atoms. The van der Waals surface area contributed by atoms with Gasteiger partial charge in [0.15, 0.2) is 11.5 Å². The van der Waals surface area contributed by atoms with E-state index in [9.17, 15) is 0 Å². The van der Waals surface area contributed by atoms with Gasteiger partial charge in [-0.25, -0.2) is 0 Å². The third-order valence-corrected chi connectivity index (χ3v) is 2.15. The molecule has 0 atom stereocenters. The van der Waals surface area contributed by atoms with Crippen molar-refractivity contribution in [1.29, 1.82) is 0 Å². The number of rotatable bonds is 2.